The summed E-state index contributed by atoms with van der Waals surface area (Å²) >= 11 is 0. The van der Waals surface area contributed by atoms with Crippen LogP contribution in [-0.2, 0) is 19.6 Å². The zero-order valence-electron chi connectivity index (χ0n) is 19.2. The highest BCUT2D eigenvalue weighted by molar-refractivity contribution is 7.89. The van der Waals surface area contributed by atoms with Crippen molar-refractivity contribution in [2.24, 2.45) is 0 Å². The van der Waals surface area contributed by atoms with Crippen LogP contribution in [0.25, 0.3) is 0 Å². The third-order valence-electron chi connectivity index (χ3n) is 5.53. The highest BCUT2D eigenvalue weighted by Crippen LogP contribution is 2.27. The number of nitrogens with zero attached hydrogens (tertiary/aromatic N) is 2. The molecule has 2 aromatic rings. The maximum absolute atomic E-state index is 12.8. The van der Waals surface area contributed by atoms with Gasteiger partial charge in [0.1, 0.15) is 0 Å². The van der Waals surface area contributed by atoms with Gasteiger partial charge in [-0.1, -0.05) is 19.1 Å². The quantitative estimate of drug-likeness (QED) is 0.542. The molecule has 2 aromatic carbocycles. The van der Waals surface area contributed by atoms with Crippen LogP contribution in [0, 0.1) is 0 Å². The summed E-state index contributed by atoms with van der Waals surface area (Å²) < 4.78 is 27.8. The number of likely N-dealkylation sites (N-methyl/N-ethyl adjacent to an activating group) is 1. The Hall–Kier alpha value is -2.95. The number of benzene rings is 2. The fraction of sp³-hybridized carbons (Fsp3) is 0.391. The van der Waals surface area contributed by atoms with Gasteiger partial charge in [-0.05, 0) is 49.9 Å². The minimum atomic E-state index is -3.92. The molecule has 1 atom stereocenters. The lowest BCUT2D eigenvalue weighted by atomic mass is 10.2. The van der Waals surface area contributed by atoms with E-state index in [-0.39, 0.29) is 10.8 Å². The lowest BCUT2D eigenvalue weighted by Crippen LogP contribution is -2.46. The minimum absolute atomic E-state index is 0.00504. The van der Waals surface area contributed by atoms with E-state index in [1.54, 1.807) is 0 Å². The largest absolute Gasteiger partial charge is 0.367 e. The fourth-order valence-electron chi connectivity index (χ4n) is 3.68. The van der Waals surface area contributed by atoms with Gasteiger partial charge >= 0.3 is 0 Å². The van der Waals surface area contributed by atoms with E-state index in [0.717, 1.165) is 38.4 Å². The lowest BCUT2D eigenvalue weighted by molar-refractivity contribution is -0.117. The molecule has 0 aliphatic carbocycles. The molecule has 0 bridgehead atoms. The molecule has 1 aliphatic rings. The zero-order chi connectivity index (χ0) is 24.0. The van der Waals surface area contributed by atoms with Gasteiger partial charge in [-0.3, -0.25) is 9.59 Å². The van der Waals surface area contributed by atoms with Crippen LogP contribution in [0.4, 0.5) is 17.1 Å². The molecule has 0 saturated carbocycles. The third-order valence-corrected chi connectivity index (χ3v) is 7.09. The van der Waals surface area contributed by atoms with Gasteiger partial charge in [-0.2, -0.15) is 4.72 Å². The molecule has 1 heterocycles. The summed E-state index contributed by atoms with van der Waals surface area (Å²) in [6.45, 7) is 9.65. The summed E-state index contributed by atoms with van der Waals surface area (Å²) in [4.78, 5) is 28.6. The molecule has 0 spiro atoms. The number of hydrogen-bond acceptors (Lipinski definition) is 6. The third kappa shape index (κ3) is 6.53. The standard InChI is InChI=1S/C23H31N5O4S/c1-4-27-13-15-28(16-14-27)22-8-6-5-7-21(22)25-23(30)17(2)26-33(31,32)20-11-9-19(10-12-20)24-18(3)29/h5-12,17,26H,4,13-16H2,1-3H3,(H,24,29)(H,25,30)/t17-/m0/s1. The first kappa shape index (κ1) is 24.7. The lowest BCUT2D eigenvalue weighted by Gasteiger charge is -2.36. The number of para-hydroxylation sites is 2. The average molecular weight is 474 g/mol. The number of rotatable bonds is 8. The first-order valence-electron chi connectivity index (χ1n) is 11.0. The Bertz CT molecular complexity index is 1080. The van der Waals surface area contributed by atoms with Gasteiger partial charge < -0.3 is 20.4 Å². The highest BCUT2D eigenvalue weighted by atomic mass is 32.2. The second kappa shape index (κ2) is 10.8. The molecule has 0 radical (unpaired) electrons. The molecule has 9 nitrogen and oxygen atoms in total. The van der Waals surface area contributed by atoms with E-state index in [1.165, 1.54) is 38.1 Å². The van der Waals surface area contributed by atoms with Crippen molar-refractivity contribution in [3.63, 3.8) is 0 Å². The monoisotopic (exact) mass is 473 g/mol. The van der Waals surface area contributed by atoms with E-state index < -0.39 is 22.0 Å². The SMILES string of the molecule is CCN1CCN(c2ccccc2NC(=O)[C@H](C)NS(=O)(=O)c2ccc(NC(C)=O)cc2)CC1. The van der Waals surface area contributed by atoms with Crippen molar-refractivity contribution in [1.29, 1.82) is 0 Å². The second-order valence-electron chi connectivity index (χ2n) is 7.98. The average Bonchev–Trinajstić information content (AvgIpc) is 2.79. The Morgan fingerprint density at radius 2 is 1.61 bits per heavy atom. The van der Waals surface area contributed by atoms with E-state index in [0.29, 0.717) is 11.4 Å². The number of hydrogen-bond donors (Lipinski definition) is 3. The van der Waals surface area contributed by atoms with Crippen molar-refractivity contribution < 1.29 is 18.0 Å². The number of nitrogens with one attached hydrogen (secondary N) is 3. The summed E-state index contributed by atoms with van der Waals surface area (Å²) in [6, 6.07) is 12.3. The van der Waals surface area contributed by atoms with Crippen LogP contribution in [-0.4, -0.2) is 63.9 Å². The molecule has 1 fully saturated rings. The Morgan fingerprint density at radius 1 is 0.970 bits per heavy atom. The topological polar surface area (TPSA) is 111 Å². The zero-order valence-corrected chi connectivity index (χ0v) is 20.0. The fourth-order valence-corrected chi connectivity index (χ4v) is 4.88. The first-order chi connectivity index (χ1) is 15.7. The first-order valence-corrected chi connectivity index (χ1v) is 12.4. The molecular formula is C23H31N5O4S. The predicted octanol–water partition coefficient (Wildman–Crippen LogP) is 2.09. The van der Waals surface area contributed by atoms with Gasteiger partial charge in [-0.25, -0.2) is 8.42 Å². The predicted molar refractivity (Wildman–Crippen MR) is 130 cm³/mol. The molecule has 3 N–H and O–H groups in total. The molecule has 33 heavy (non-hydrogen) atoms. The minimum Gasteiger partial charge on any atom is -0.367 e. The van der Waals surface area contributed by atoms with Gasteiger partial charge in [0.25, 0.3) is 0 Å². The number of anilines is 3. The molecule has 0 aromatic heterocycles. The molecule has 3 rings (SSSR count). The Kier molecular flexibility index (Phi) is 8.06. The molecule has 10 heteroatoms. The second-order valence-corrected chi connectivity index (χ2v) is 9.69. The Labute approximate surface area is 195 Å². The molecule has 0 unspecified atom stereocenters. The van der Waals surface area contributed by atoms with Crippen molar-refractivity contribution in [3.8, 4) is 0 Å². The Balaban J connectivity index is 1.66. The highest BCUT2D eigenvalue weighted by Gasteiger charge is 2.24. The van der Waals surface area contributed by atoms with Crippen LogP contribution in [0.5, 0.6) is 0 Å². The number of amides is 2. The van der Waals surface area contributed by atoms with Crippen molar-refractivity contribution >= 4 is 38.9 Å². The number of sulfonamides is 1. The van der Waals surface area contributed by atoms with Gasteiger partial charge in [0, 0.05) is 38.8 Å². The van der Waals surface area contributed by atoms with Crippen LogP contribution in [0.1, 0.15) is 20.8 Å². The molecule has 1 saturated heterocycles. The molecule has 1 aliphatic heterocycles. The maximum atomic E-state index is 12.8. The number of piperazine rings is 1. The summed E-state index contributed by atoms with van der Waals surface area (Å²) in [7, 11) is -3.92. The number of carbonyl (C=O) groups excluding carboxylic acids is 2. The van der Waals surface area contributed by atoms with Crippen molar-refractivity contribution in [1.82, 2.24) is 9.62 Å². The molecule has 2 amide bonds. The van der Waals surface area contributed by atoms with Crippen LogP contribution in [0.2, 0.25) is 0 Å². The van der Waals surface area contributed by atoms with E-state index in [9.17, 15) is 18.0 Å². The van der Waals surface area contributed by atoms with E-state index in [2.05, 4.69) is 32.1 Å². The van der Waals surface area contributed by atoms with Gasteiger partial charge in [-0.15, -0.1) is 0 Å². The van der Waals surface area contributed by atoms with Gasteiger partial charge in [0.2, 0.25) is 21.8 Å². The van der Waals surface area contributed by atoms with E-state index >= 15 is 0 Å². The Morgan fingerprint density at radius 3 is 2.21 bits per heavy atom. The van der Waals surface area contributed by atoms with Crippen LogP contribution in [0.3, 0.4) is 0 Å². The van der Waals surface area contributed by atoms with E-state index in [1.807, 2.05) is 24.3 Å². The van der Waals surface area contributed by atoms with Crippen molar-refractivity contribution in [2.45, 2.75) is 31.7 Å². The summed E-state index contributed by atoms with van der Waals surface area (Å²) in [5.41, 5.74) is 2.06. The van der Waals surface area contributed by atoms with E-state index in [4.69, 9.17) is 0 Å². The summed E-state index contributed by atoms with van der Waals surface area (Å²) in [6.07, 6.45) is 0. The normalized spacial score (nSPS) is 15.7. The van der Waals surface area contributed by atoms with Crippen molar-refractivity contribution in [2.75, 3.05) is 48.3 Å². The molecular weight excluding hydrogens is 442 g/mol. The van der Waals surface area contributed by atoms with Crippen LogP contribution >= 0.6 is 0 Å². The number of carbonyl (C=O) groups is 2. The summed E-state index contributed by atoms with van der Waals surface area (Å²) in [5.74, 6) is -0.699. The van der Waals surface area contributed by atoms with Crippen LogP contribution in [0.15, 0.2) is 53.4 Å². The molecule has 178 valence electrons. The van der Waals surface area contributed by atoms with Gasteiger partial charge in [0.05, 0.1) is 22.3 Å². The van der Waals surface area contributed by atoms with Crippen LogP contribution < -0.4 is 20.3 Å². The van der Waals surface area contributed by atoms with Gasteiger partial charge in [0.15, 0.2) is 0 Å². The smallest absolute Gasteiger partial charge is 0.242 e. The maximum Gasteiger partial charge on any atom is 0.242 e. The van der Waals surface area contributed by atoms with Crippen molar-refractivity contribution in [3.05, 3.63) is 48.5 Å². The summed E-state index contributed by atoms with van der Waals surface area (Å²) in [5, 5.41) is 5.45.